The second-order valence-electron chi connectivity index (χ2n) is 4.27. The molecule has 0 unspecified atom stereocenters. The van der Waals surface area contributed by atoms with Gasteiger partial charge in [-0.1, -0.05) is 13.8 Å². The molecule has 3 nitrogen and oxygen atoms in total. The summed E-state index contributed by atoms with van der Waals surface area (Å²) in [7, 11) is 0. The molecule has 0 saturated carbocycles. The summed E-state index contributed by atoms with van der Waals surface area (Å²) in [6.07, 6.45) is 1.92. The van der Waals surface area contributed by atoms with Gasteiger partial charge in [-0.15, -0.1) is 11.8 Å². The molecule has 0 bridgehead atoms. The van der Waals surface area contributed by atoms with Gasteiger partial charge < -0.3 is 5.11 Å². The highest BCUT2D eigenvalue weighted by Crippen LogP contribution is 2.21. The molecule has 0 aliphatic rings. The Bertz CT molecular complexity index is 447. The molecule has 0 amide bonds. The molecule has 0 saturated heterocycles. The fourth-order valence-corrected chi connectivity index (χ4v) is 2.08. The Morgan fingerprint density at radius 1 is 1.22 bits per heavy atom. The fraction of sp³-hybridized carbons (Fsp3) is 0.286. The van der Waals surface area contributed by atoms with Gasteiger partial charge in [0.05, 0.1) is 0 Å². The van der Waals surface area contributed by atoms with Crippen LogP contribution in [0.2, 0.25) is 0 Å². The van der Waals surface area contributed by atoms with Gasteiger partial charge in [0, 0.05) is 22.3 Å². The lowest BCUT2D eigenvalue weighted by Gasteiger charge is -2.04. The van der Waals surface area contributed by atoms with Crippen molar-refractivity contribution in [2.75, 3.05) is 5.75 Å². The van der Waals surface area contributed by atoms with E-state index in [4.69, 9.17) is 5.11 Å². The molecule has 0 spiro atoms. The smallest absolute Gasteiger partial charge is 0.328 e. The van der Waals surface area contributed by atoms with Crippen LogP contribution in [-0.4, -0.2) is 22.6 Å². The molecule has 18 heavy (non-hydrogen) atoms. The van der Waals surface area contributed by atoms with E-state index in [2.05, 4.69) is 13.8 Å². The first-order valence-corrected chi connectivity index (χ1v) is 6.66. The van der Waals surface area contributed by atoms with Gasteiger partial charge in [-0.3, -0.25) is 4.79 Å². The average molecular weight is 264 g/mol. The van der Waals surface area contributed by atoms with Crippen molar-refractivity contribution in [3.05, 3.63) is 42.0 Å². The third kappa shape index (κ3) is 5.19. The summed E-state index contributed by atoms with van der Waals surface area (Å²) in [6.45, 7) is 4.31. The van der Waals surface area contributed by atoms with Crippen LogP contribution in [0.1, 0.15) is 24.2 Å². The molecule has 0 aliphatic carbocycles. The number of benzene rings is 1. The van der Waals surface area contributed by atoms with E-state index >= 15 is 0 Å². The van der Waals surface area contributed by atoms with Gasteiger partial charge in [0.15, 0.2) is 5.78 Å². The molecule has 0 atom stereocenters. The summed E-state index contributed by atoms with van der Waals surface area (Å²) in [5.74, 6) is 0.242. The standard InChI is InChI=1S/C14H16O3S/c1-10(2)9-18-12-5-3-11(4-6-12)13(15)7-8-14(16)17/h3-8,10H,9H2,1-2H3,(H,16,17)/b8-7+. The predicted molar refractivity (Wildman–Crippen MR) is 73.1 cm³/mol. The highest BCUT2D eigenvalue weighted by molar-refractivity contribution is 7.99. The van der Waals surface area contributed by atoms with Crippen molar-refractivity contribution in [2.24, 2.45) is 5.92 Å². The zero-order chi connectivity index (χ0) is 13.5. The van der Waals surface area contributed by atoms with Gasteiger partial charge >= 0.3 is 5.97 Å². The van der Waals surface area contributed by atoms with E-state index in [1.165, 1.54) is 0 Å². The largest absolute Gasteiger partial charge is 0.478 e. The van der Waals surface area contributed by atoms with Gasteiger partial charge in [0.1, 0.15) is 0 Å². The molecule has 0 radical (unpaired) electrons. The number of rotatable bonds is 6. The summed E-state index contributed by atoms with van der Waals surface area (Å²) in [4.78, 5) is 23.0. The van der Waals surface area contributed by atoms with Crippen molar-refractivity contribution in [2.45, 2.75) is 18.7 Å². The maximum atomic E-state index is 11.6. The van der Waals surface area contributed by atoms with Crippen molar-refractivity contribution < 1.29 is 14.7 Å². The number of ketones is 1. The van der Waals surface area contributed by atoms with Crippen LogP contribution in [0.25, 0.3) is 0 Å². The Morgan fingerprint density at radius 2 is 1.83 bits per heavy atom. The van der Waals surface area contributed by atoms with Crippen molar-refractivity contribution >= 4 is 23.5 Å². The Kier molecular flexibility index (Phi) is 5.65. The number of aliphatic carboxylic acids is 1. The van der Waals surface area contributed by atoms with Crippen molar-refractivity contribution in [3.63, 3.8) is 0 Å². The van der Waals surface area contributed by atoms with Crippen molar-refractivity contribution in [1.82, 2.24) is 0 Å². The molecule has 0 fully saturated rings. The molecule has 0 heterocycles. The number of carbonyl (C=O) groups is 2. The summed E-state index contributed by atoms with van der Waals surface area (Å²) < 4.78 is 0. The van der Waals surface area contributed by atoms with Crippen LogP contribution >= 0.6 is 11.8 Å². The van der Waals surface area contributed by atoms with Gasteiger partial charge in [-0.2, -0.15) is 0 Å². The Labute approximate surface area is 111 Å². The quantitative estimate of drug-likeness (QED) is 0.487. The minimum absolute atomic E-state index is 0.294. The maximum Gasteiger partial charge on any atom is 0.328 e. The molecule has 0 aliphatic heterocycles. The first-order chi connectivity index (χ1) is 8.49. The molecule has 1 aromatic rings. The Balaban J connectivity index is 2.65. The first-order valence-electron chi connectivity index (χ1n) is 5.67. The second kappa shape index (κ2) is 7.01. The molecule has 1 aromatic carbocycles. The lowest BCUT2D eigenvalue weighted by Crippen LogP contribution is -1.96. The summed E-state index contributed by atoms with van der Waals surface area (Å²) in [5.41, 5.74) is 0.501. The van der Waals surface area contributed by atoms with E-state index in [1.54, 1.807) is 23.9 Å². The third-order valence-corrected chi connectivity index (χ3v) is 3.54. The van der Waals surface area contributed by atoms with E-state index in [0.29, 0.717) is 11.5 Å². The average Bonchev–Trinajstić information content (AvgIpc) is 2.34. The molecule has 0 aromatic heterocycles. The zero-order valence-electron chi connectivity index (χ0n) is 10.4. The lowest BCUT2D eigenvalue weighted by molar-refractivity contribution is -0.131. The van der Waals surface area contributed by atoms with Crippen molar-refractivity contribution in [1.29, 1.82) is 0 Å². The molecule has 96 valence electrons. The zero-order valence-corrected chi connectivity index (χ0v) is 11.2. The van der Waals surface area contributed by atoms with Crippen LogP contribution < -0.4 is 0 Å². The molecule has 1 N–H and O–H groups in total. The van der Waals surface area contributed by atoms with Crippen LogP contribution in [0.5, 0.6) is 0 Å². The number of hydrogen-bond donors (Lipinski definition) is 1. The number of thioether (sulfide) groups is 1. The van der Waals surface area contributed by atoms with E-state index in [-0.39, 0.29) is 5.78 Å². The second-order valence-corrected chi connectivity index (χ2v) is 5.36. The van der Waals surface area contributed by atoms with Gasteiger partial charge in [-0.05, 0) is 36.3 Å². The Morgan fingerprint density at radius 3 is 2.33 bits per heavy atom. The molecule has 4 heteroatoms. The summed E-state index contributed by atoms with van der Waals surface area (Å²) in [5, 5.41) is 8.43. The molecular formula is C14H16O3S. The van der Waals surface area contributed by atoms with Gasteiger partial charge in [0.2, 0.25) is 0 Å². The Hall–Kier alpha value is -1.55. The van der Waals surface area contributed by atoms with Gasteiger partial charge in [-0.25, -0.2) is 4.79 Å². The first kappa shape index (κ1) is 14.5. The number of carbonyl (C=O) groups excluding carboxylic acids is 1. The van der Waals surface area contributed by atoms with E-state index < -0.39 is 5.97 Å². The normalized spacial score (nSPS) is 11.1. The van der Waals surface area contributed by atoms with Gasteiger partial charge in [0.25, 0.3) is 0 Å². The SMILES string of the molecule is CC(C)CSc1ccc(C(=O)/C=C/C(=O)O)cc1. The highest BCUT2D eigenvalue weighted by atomic mass is 32.2. The van der Waals surface area contributed by atoms with E-state index in [0.717, 1.165) is 22.8 Å². The van der Waals surface area contributed by atoms with Crippen LogP contribution in [0, 0.1) is 5.92 Å². The topological polar surface area (TPSA) is 54.4 Å². The number of hydrogen-bond acceptors (Lipinski definition) is 3. The molecule has 1 rings (SSSR count). The number of carboxylic acids is 1. The fourth-order valence-electron chi connectivity index (χ4n) is 1.22. The van der Waals surface area contributed by atoms with E-state index in [1.807, 2.05) is 12.1 Å². The molecular weight excluding hydrogens is 248 g/mol. The minimum atomic E-state index is -1.12. The maximum absolute atomic E-state index is 11.6. The monoisotopic (exact) mass is 264 g/mol. The third-order valence-electron chi connectivity index (χ3n) is 2.10. The number of carboxylic acid groups (broad SMARTS) is 1. The van der Waals surface area contributed by atoms with Crippen molar-refractivity contribution in [3.8, 4) is 0 Å². The minimum Gasteiger partial charge on any atom is -0.478 e. The van der Waals surface area contributed by atoms with Crippen LogP contribution in [0.3, 0.4) is 0 Å². The van der Waals surface area contributed by atoms with Crippen LogP contribution in [0.15, 0.2) is 41.3 Å². The van der Waals surface area contributed by atoms with E-state index in [9.17, 15) is 9.59 Å². The van der Waals surface area contributed by atoms with Crippen LogP contribution in [-0.2, 0) is 4.79 Å². The predicted octanol–water partition coefficient (Wildman–Crippen LogP) is 3.26. The summed E-state index contributed by atoms with van der Waals surface area (Å²) in [6, 6.07) is 7.21. The lowest BCUT2D eigenvalue weighted by atomic mass is 10.1. The number of allylic oxidation sites excluding steroid dienone is 1. The van der Waals surface area contributed by atoms with Crippen LogP contribution in [0.4, 0.5) is 0 Å². The highest BCUT2D eigenvalue weighted by Gasteiger charge is 2.03. The summed E-state index contributed by atoms with van der Waals surface area (Å²) >= 11 is 1.74.